The molecule has 0 spiro atoms. The molecule has 0 atom stereocenters. The van der Waals surface area contributed by atoms with E-state index in [9.17, 15) is 19.7 Å². The maximum atomic E-state index is 12.7. The van der Waals surface area contributed by atoms with Crippen molar-refractivity contribution in [3.8, 4) is 0 Å². The lowest BCUT2D eigenvalue weighted by Gasteiger charge is -2.09. The molecule has 2 N–H and O–H groups in total. The van der Waals surface area contributed by atoms with Gasteiger partial charge in [-0.25, -0.2) is 4.79 Å². The first kappa shape index (κ1) is 16.2. The number of anilines is 1. The highest BCUT2D eigenvalue weighted by Crippen LogP contribution is 2.28. The Kier molecular flexibility index (Phi) is 4.40. The molecule has 0 aromatic heterocycles. The molecule has 2 aromatic carbocycles. The van der Waals surface area contributed by atoms with Crippen molar-refractivity contribution in [3.05, 3.63) is 68.8 Å². The third kappa shape index (κ3) is 3.03. The molecule has 0 aliphatic rings. The number of ketones is 1. The molecule has 7 heteroatoms. The van der Waals surface area contributed by atoms with Crippen LogP contribution < -0.4 is 5.73 Å². The van der Waals surface area contributed by atoms with Gasteiger partial charge in [-0.2, -0.15) is 0 Å². The molecule has 7 nitrogen and oxygen atoms in total. The molecule has 0 aliphatic heterocycles. The van der Waals surface area contributed by atoms with E-state index in [1.54, 1.807) is 19.1 Å². The summed E-state index contributed by atoms with van der Waals surface area (Å²) in [5, 5.41) is 11.0. The van der Waals surface area contributed by atoms with Crippen LogP contribution in [-0.4, -0.2) is 23.8 Å². The van der Waals surface area contributed by atoms with E-state index in [4.69, 9.17) is 5.73 Å². The summed E-state index contributed by atoms with van der Waals surface area (Å²) in [4.78, 5) is 34.8. The molecule has 0 bridgehead atoms. The lowest BCUT2D eigenvalue weighted by atomic mass is 9.96. The highest BCUT2D eigenvalue weighted by Gasteiger charge is 2.22. The van der Waals surface area contributed by atoms with E-state index in [0.717, 1.165) is 6.07 Å². The van der Waals surface area contributed by atoms with Crippen LogP contribution in [0.25, 0.3) is 0 Å². The molecule has 118 valence electrons. The van der Waals surface area contributed by atoms with Gasteiger partial charge in [-0.1, -0.05) is 18.2 Å². The number of benzene rings is 2. The predicted octanol–water partition coefficient (Wildman–Crippen LogP) is 2.50. The first-order valence-electron chi connectivity index (χ1n) is 6.63. The number of nitrogens with zero attached hydrogens (tertiary/aromatic N) is 1. The summed E-state index contributed by atoms with van der Waals surface area (Å²) in [7, 11) is 1.21. The van der Waals surface area contributed by atoms with E-state index in [-0.39, 0.29) is 28.1 Å². The lowest BCUT2D eigenvalue weighted by Crippen LogP contribution is -2.12. The molecule has 2 aromatic rings. The van der Waals surface area contributed by atoms with Gasteiger partial charge in [0.2, 0.25) is 0 Å². The number of nitro groups is 1. The number of methoxy groups -OCH3 is 1. The third-order valence-electron chi connectivity index (χ3n) is 3.40. The third-order valence-corrected chi connectivity index (χ3v) is 3.40. The van der Waals surface area contributed by atoms with Crippen LogP contribution in [0.15, 0.2) is 36.4 Å². The fraction of sp³-hybridized carbons (Fsp3) is 0.125. The van der Waals surface area contributed by atoms with E-state index >= 15 is 0 Å². The number of ether oxygens (including phenoxy) is 1. The molecular formula is C16H14N2O5. The lowest BCUT2D eigenvalue weighted by molar-refractivity contribution is -0.383. The topological polar surface area (TPSA) is 113 Å². The summed E-state index contributed by atoms with van der Waals surface area (Å²) < 4.78 is 4.65. The Labute approximate surface area is 131 Å². The molecule has 0 saturated carbocycles. The number of rotatable bonds is 4. The van der Waals surface area contributed by atoms with Gasteiger partial charge in [0.05, 0.1) is 17.6 Å². The van der Waals surface area contributed by atoms with E-state index in [1.165, 1.54) is 25.3 Å². The SMILES string of the molecule is COC(=O)c1ccccc1C(=O)c1cc(C)c(N)c([N+](=O)[O-])c1. The summed E-state index contributed by atoms with van der Waals surface area (Å²) >= 11 is 0. The predicted molar refractivity (Wildman–Crippen MR) is 83.5 cm³/mol. The Morgan fingerprint density at radius 3 is 2.35 bits per heavy atom. The van der Waals surface area contributed by atoms with E-state index in [0.29, 0.717) is 5.56 Å². The van der Waals surface area contributed by atoms with Gasteiger partial charge in [0.25, 0.3) is 5.69 Å². The highest BCUT2D eigenvalue weighted by molar-refractivity contribution is 6.15. The average molecular weight is 314 g/mol. The van der Waals surface area contributed by atoms with E-state index in [2.05, 4.69) is 4.74 Å². The van der Waals surface area contributed by atoms with Crippen LogP contribution in [0, 0.1) is 17.0 Å². The van der Waals surface area contributed by atoms with E-state index < -0.39 is 16.7 Å². The van der Waals surface area contributed by atoms with Gasteiger partial charge >= 0.3 is 5.97 Å². The Hall–Kier alpha value is -3.22. The average Bonchev–Trinajstić information content (AvgIpc) is 2.55. The fourth-order valence-electron chi connectivity index (χ4n) is 2.19. The zero-order valence-corrected chi connectivity index (χ0v) is 12.5. The van der Waals surface area contributed by atoms with Gasteiger partial charge in [-0.3, -0.25) is 14.9 Å². The molecule has 0 saturated heterocycles. The second-order valence-electron chi connectivity index (χ2n) is 4.85. The number of hydrogen-bond donors (Lipinski definition) is 1. The molecule has 2 rings (SSSR count). The van der Waals surface area contributed by atoms with Crippen molar-refractivity contribution >= 4 is 23.1 Å². The van der Waals surface area contributed by atoms with Crippen molar-refractivity contribution in [2.24, 2.45) is 0 Å². The number of carbonyl (C=O) groups is 2. The summed E-state index contributed by atoms with van der Waals surface area (Å²) in [6.45, 7) is 1.57. The molecule has 0 radical (unpaired) electrons. The van der Waals surface area contributed by atoms with Gasteiger partial charge < -0.3 is 10.5 Å². The standard InChI is InChI=1S/C16H14N2O5/c1-9-7-10(8-13(14(9)17)18(21)22)15(19)11-5-3-4-6-12(11)16(20)23-2/h3-8H,17H2,1-2H3. The first-order valence-corrected chi connectivity index (χ1v) is 6.63. The van der Waals surface area contributed by atoms with Gasteiger partial charge in [0.15, 0.2) is 5.78 Å². The van der Waals surface area contributed by atoms with Gasteiger partial charge in [0.1, 0.15) is 5.69 Å². The Morgan fingerprint density at radius 2 is 1.78 bits per heavy atom. The molecule has 0 aliphatic carbocycles. The number of hydrogen-bond acceptors (Lipinski definition) is 6. The van der Waals surface area contributed by atoms with Crippen LogP contribution in [0.3, 0.4) is 0 Å². The van der Waals surface area contributed by atoms with Crippen LogP contribution >= 0.6 is 0 Å². The number of aryl methyl sites for hydroxylation is 1. The maximum Gasteiger partial charge on any atom is 0.338 e. The molecule has 0 unspecified atom stereocenters. The Balaban J connectivity index is 2.59. The quantitative estimate of drug-likeness (QED) is 0.305. The van der Waals surface area contributed by atoms with E-state index in [1.807, 2.05) is 0 Å². The molecule has 0 fully saturated rings. The Bertz CT molecular complexity index is 814. The minimum Gasteiger partial charge on any atom is -0.465 e. The summed E-state index contributed by atoms with van der Waals surface area (Å²) in [6, 6.07) is 8.68. The molecule has 0 amide bonds. The minimum absolute atomic E-state index is 0.00723. The van der Waals surface area contributed by atoms with Crippen LogP contribution in [0.5, 0.6) is 0 Å². The van der Waals surface area contributed by atoms with Crippen molar-refractivity contribution in [2.45, 2.75) is 6.92 Å². The van der Waals surface area contributed by atoms with Crippen molar-refractivity contribution in [1.82, 2.24) is 0 Å². The minimum atomic E-state index is -0.657. The molecular weight excluding hydrogens is 300 g/mol. The molecule has 0 heterocycles. The number of esters is 1. The van der Waals surface area contributed by atoms with Crippen molar-refractivity contribution in [2.75, 3.05) is 12.8 Å². The number of nitro benzene ring substituents is 1. The van der Waals surface area contributed by atoms with Crippen molar-refractivity contribution < 1.29 is 19.2 Å². The summed E-state index contributed by atoms with van der Waals surface area (Å²) in [5.74, 6) is -1.17. The zero-order valence-electron chi connectivity index (χ0n) is 12.5. The summed E-state index contributed by atoms with van der Waals surface area (Å²) in [6.07, 6.45) is 0. The van der Waals surface area contributed by atoms with Crippen molar-refractivity contribution in [3.63, 3.8) is 0 Å². The normalized spacial score (nSPS) is 10.2. The van der Waals surface area contributed by atoms with Gasteiger partial charge in [-0.15, -0.1) is 0 Å². The zero-order chi connectivity index (χ0) is 17.1. The first-order chi connectivity index (χ1) is 10.9. The fourth-order valence-corrected chi connectivity index (χ4v) is 2.19. The number of carbonyl (C=O) groups excluding carboxylic acids is 2. The molecule has 23 heavy (non-hydrogen) atoms. The highest BCUT2D eigenvalue weighted by atomic mass is 16.6. The number of nitrogens with two attached hydrogens (primary N) is 1. The van der Waals surface area contributed by atoms with Crippen LogP contribution in [-0.2, 0) is 4.74 Å². The Morgan fingerprint density at radius 1 is 1.17 bits per heavy atom. The maximum absolute atomic E-state index is 12.7. The van der Waals surface area contributed by atoms with Crippen molar-refractivity contribution in [1.29, 1.82) is 0 Å². The van der Waals surface area contributed by atoms with Gasteiger partial charge in [-0.05, 0) is 24.6 Å². The number of nitrogen functional groups attached to an aromatic ring is 1. The second kappa shape index (κ2) is 6.27. The summed E-state index contributed by atoms with van der Waals surface area (Å²) in [5.41, 5.74) is 6.03. The smallest absolute Gasteiger partial charge is 0.338 e. The van der Waals surface area contributed by atoms with Crippen LogP contribution in [0.2, 0.25) is 0 Å². The monoisotopic (exact) mass is 314 g/mol. The second-order valence-corrected chi connectivity index (χ2v) is 4.85. The largest absolute Gasteiger partial charge is 0.465 e. The van der Waals surface area contributed by atoms with Crippen LogP contribution in [0.4, 0.5) is 11.4 Å². The van der Waals surface area contributed by atoms with Crippen LogP contribution in [0.1, 0.15) is 31.8 Å². The van der Waals surface area contributed by atoms with Gasteiger partial charge in [0, 0.05) is 17.2 Å².